The summed E-state index contributed by atoms with van der Waals surface area (Å²) < 4.78 is 4.87. The van der Waals surface area contributed by atoms with Crippen LogP contribution in [0.1, 0.15) is 65.2 Å². The highest BCUT2D eigenvalue weighted by Gasteiger charge is 2.48. The Morgan fingerprint density at radius 3 is 2.21 bits per heavy atom. The average Bonchev–Trinajstić information content (AvgIpc) is 2.64. The third-order valence-electron chi connectivity index (χ3n) is 5.29. The Labute approximate surface area is 172 Å². The lowest BCUT2D eigenvalue weighted by atomic mass is 9.74. The standard InChI is InChI=1S/C24H30O3S/c1-14-9-16-13-24(12-15(2)11-18(20(24)25)23(6,7)8)28-21(26)27-19(16)17(10-14)22(3,4)5/h9-12H,13H2,1-8H3/t24-/m1/s1. The molecule has 0 amide bonds. The van der Waals surface area contributed by atoms with E-state index in [4.69, 9.17) is 4.74 Å². The van der Waals surface area contributed by atoms with Crippen LogP contribution in [0.25, 0.3) is 0 Å². The number of hydrogen-bond donors (Lipinski definition) is 0. The van der Waals surface area contributed by atoms with E-state index < -0.39 is 10.0 Å². The van der Waals surface area contributed by atoms with Gasteiger partial charge in [0.2, 0.25) is 0 Å². The lowest BCUT2D eigenvalue weighted by Crippen LogP contribution is -2.42. The SMILES string of the molecule is CC1=C[C@@]2(Cc3cc(C)cc(C(C)(C)C)c3OC(=O)S2)C(=O)C(C(C)(C)C)=C1. The number of aryl methyl sites for hydroxylation is 1. The molecule has 1 aromatic rings. The smallest absolute Gasteiger partial charge is 0.374 e. The molecule has 4 heteroatoms. The van der Waals surface area contributed by atoms with Gasteiger partial charge in [-0.3, -0.25) is 4.79 Å². The summed E-state index contributed by atoms with van der Waals surface area (Å²) in [5, 5.41) is -0.416. The van der Waals surface area contributed by atoms with Crippen molar-refractivity contribution in [1.29, 1.82) is 0 Å². The summed E-state index contributed by atoms with van der Waals surface area (Å²) in [6, 6.07) is 4.13. The zero-order valence-corrected chi connectivity index (χ0v) is 19.0. The quantitative estimate of drug-likeness (QED) is 0.480. The molecule has 0 unspecified atom stereocenters. The number of benzene rings is 1. The van der Waals surface area contributed by atoms with E-state index in [1.165, 1.54) is 0 Å². The van der Waals surface area contributed by atoms with E-state index in [9.17, 15) is 9.59 Å². The second kappa shape index (κ2) is 6.62. The molecule has 150 valence electrons. The third kappa shape index (κ3) is 3.71. The number of rotatable bonds is 0. The molecule has 0 saturated heterocycles. The first kappa shape index (κ1) is 20.9. The molecule has 0 N–H and O–H groups in total. The summed E-state index contributed by atoms with van der Waals surface area (Å²) in [5.41, 5.74) is 4.36. The van der Waals surface area contributed by atoms with Crippen LogP contribution >= 0.6 is 11.8 Å². The molecule has 1 aromatic carbocycles. The van der Waals surface area contributed by atoms with Crippen LogP contribution in [0, 0.1) is 12.3 Å². The van der Waals surface area contributed by atoms with Crippen LogP contribution in [0.2, 0.25) is 0 Å². The summed E-state index contributed by atoms with van der Waals surface area (Å²) in [6.45, 7) is 16.5. The van der Waals surface area contributed by atoms with E-state index in [0.29, 0.717) is 12.2 Å². The highest BCUT2D eigenvalue weighted by atomic mass is 32.2. The summed E-state index contributed by atoms with van der Waals surface area (Å²) in [5.74, 6) is 0.636. The Morgan fingerprint density at radius 2 is 1.64 bits per heavy atom. The van der Waals surface area contributed by atoms with E-state index in [-0.39, 0.29) is 16.6 Å². The molecule has 0 aromatic heterocycles. The van der Waals surface area contributed by atoms with E-state index in [0.717, 1.165) is 39.6 Å². The topological polar surface area (TPSA) is 43.4 Å². The van der Waals surface area contributed by atoms with E-state index in [1.807, 2.05) is 46.8 Å². The first-order valence-corrected chi connectivity index (χ1v) is 10.6. The maximum absolute atomic E-state index is 13.6. The van der Waals surface area contributed by atoms with Crippen LogP contribution < -0.4 is 4.74 Å². The molecule has 1 aliphatic heterocycles. The molecule has 1 aliphatic carbocycles. The first-order chi connectivity index (χ1) is 12.7. The van der Waals surface area contributed by atoms with Gasteiger partial charge in [0.1, 0.15) is 10.5 Å². The fourth-order valence-electron chi connectivity index (χ4n) is 3.99. The van der Waals surface area contributed by atoms with Crippen molar-refractivity contribution in [3.63, 3.8) is 0 Å². The Hall–Kier alpha value is -1.81. The van der Waals surface area contributed by atoms with Gasteiger partial charge in [0.15, 0.2) is 5.78 Å². The molecule has 28 heavy (non-hydrogen) atoms. The first-order valence-electron chi connectivity index (χ1n) is 9.74. The van der Waals surface area contributed by atoms with Crippen LogP contribution in [0.3, 0.4) is 0 Å². The Morgan fingerprint density at radius 1 is 1.00 bits per heavy atom. The van der Waals surface area contributed by atoms with Crippen molar-refractivity contribution >= 4 is 22.8 Å². The monoisotopic (exact) mass is 398 g/mol. The molecule has 2 aliphatic rings. The van der Waals surface area contributed by atoms with Gasteiger partial charge >= 0.3 is 5.30 Å². The Balaban J connectivity index is 2.21. The average molecular weight is 399 g/mol. The van der Waals surface area contributed by atoms with Crippen molar-refractivity contribution in [2.24, 2.45) is 5.41 Å². The number of ether oxygens (including phenoxy) is 1. The second-order valence-corrected chi connectivity index (χ2v) is 11.4. The molecule has 3 rings (SSSR count). The molecule has 0 radical (unpaired) electrons. The van der Waals surface area contributed by atoms with Crippen molar-refractivity contribution in [3.8, 4) is 5.75 Å². The van der Waals surface area contributed by atoms with Gasteiger partial charge in [0.25, 0.3) is 0 Å². The summed E-state index contributed by atoms with van der Waals surface area (Å²) >= 11 is 1.02. The summed E-state index contributed by atoms with van der Waals surface area (Å²) in [4.78, 5) is 26.5. The lowest BCUT2D eigenvalue weighted by Gasteiger charge is -2.35. The molecule has 1 spiro atoms. The molecular formula is C24H30O3S. The van der Waals surface area contributed by atoms with Gasteiger partial charge in [0, 0.05) is 17.6 Å². The van der Waals surface area contributed by atoms with Crippen molar-refractivity contribution in [1.82, 2.24) is 0 Å². The highest BCUT2D eigenvalue weighted by Crippen LogP contribution is 2.48. The Kier molecular flexibility index (Phi) is 4.94. The van der Waals surface area contributed by atoms with Crippen LogP contribution in [0.5, 0.6) is 5.75 Å². The van der Waals surface area contributed by atoms with Crippen molar-refractivity contribution in [3.05, 3.63) is 52.1 Å². The van der Waals surface area contributed by atoms with Gasteiger partial charge < -0.3 is 4.74 Å². The van der Waals surface area contributed by atoms with Crippen molar-refractivity contribution < 1.29 is 14.3 Å². The van der Waals surface area contributed by atoms with E-state index >= 15 is 0 Å². The van der Waals surface area contributed by atoms with Crippen molar-refractivity contribution in [2.45, 2.75) is 72.0 Å². The van der Waals surface area contributed by atoms with Gasteiger partial charge in [-0.05, 0) is 42.0 Å². The Bertz CT molecular complexity index is 922. The fraction of sp³-hybridized carbons (Fsp3) is 0.500. The van der Waals surface area contributed by atoms with Crippen LogP contribution in [-0.2, 0) is 16.6 Å². The molecule has 0 saturated carbocycles. The molecule has 0 bridgehead atoms. The van der Waals surface area contributed by atoms with Gasteiger partial charge in [-0.1, -0.05) is 77.0 Å². The second-order valence-electron chi connectivity index (χ2n) is 10.1. The highest BCUT2D eigenvalue weighted by molar-refractivity contribution is 8.15. The van der Waals surface area contributed by atoms with Crippen LogP contribution in [0.15, 0.2) is 35.4 Å². The number of Topliss-reactive ketones (excluding diaryl/α,β-unsaturated/α-hetero) is 1. The van der Waals surface area contributed by atoms with Crippen LogP contribution in [0.4, 0.5) is 4.79 Å². The number of allylic oxidation sites excluding steroid dienone is 3. The summed E-state index contributed by atoms with van der Waals surface area (Å²) in [6.07, 6.45) is 4.36. The minimum absolute atomic E-state index is 0.0132. The fourth-order valence-corrected chi connectivity index (χ4v) is 5.09. The lowest BCUT2D eigenvalue weighted by molar-refractivity contribution is -0.117. The van der Waals surface area contributed by atoms with E-state index in [1.54, 1.807) is 0 Å². The molecule has 1 heterocycles. The summed E-state index contributed by atoms with van der Waals surface area (Å²) in [7, 11) is 0. The zero-order chi connectivity index (χ0) is 21.1. The largest absolute Gasteiger partial charge is 0.418 e. The van der Waals surface area contributed by atoms with Gasteiger partial charge in [-0.15, -0.1) is 0 Å². The van der Waals surface area contributed by atoms with Gasteiger partial charge in [0.05, 0.1) is 0 Å². The zero-order valence-electron chi connectivity index (χ0n) is 18.1. The number of carbonyl (C=O) groups is 2. The number of thioether (sulfide) groups is 1. The normalized spacial score (nSPS) is 23.0. The minimum Gasteiger partial charge on any atom is -0.418 e. The number of carbonyl (C=O) groups excluding carboxylic acids is 2. The van der Waals surface area contributed by atoms with Gasteiger partial charge in [-0.25, -0.2) is 4.79 Å². The van der Waals surface area contributed by atoms with Gasteiger partial charge in [-0.2, -0.15) is 0 Å². The van der Waals surface area contributed by atoms with Crippen molar-refractivity contribution in [2.75, 3.05) is 0 Å². The number of fused-ring (bicyclic) bond motifs is 1. The maximum atomic E-state index is 13.6. The molecular weight excluding hydrogens is 368 g/mol. The molecule has 3 nitrogen and oxygen atoms in total. The predicted molar refractivity (Wildman–Crippen MR) is 116 cm³/mol. The van der Waals surface area contributed by atoms with E-state index in [2.05, 4.69) is 32.9 Å². The maximum Gasteiger partial charge on any atom is 0.374 e. The number of ketones is 1. The number of hydrogen-bond acceptors (Lipinski definition) is 4. The predicted octanol–water partition coefficient (Wildman–Crippen LogP) is 6.32. The molecule has 0 fully saturated rings. The minimum atomic E-state index is -0.952. The third-order valence-corrected chi connectivity index (χ3v) is 6.35. The van der Waals surface area contributed by atoms with Crippen LogP contribution in [-0.4, -0.2) is 15.8 Å². The molecule has 1 atom stereocenters.